The van der Waals surface area contributed by atoms with Crippen LogP contribution in [-0.4, -0.2) is 30.2 Å². The van der Waals surface area contributed by atoms with Crippen LogP contribution in [0.3, 0.4) is 0 Å². The molecular weight excluding hydrogens is 371 g/mol. The Morgan fingerprint density at radius 1 is 1.19 bits per heavy atom. The molecular formula is C19H17FN2O4S. The maximum atomic E-state index is 13.5. The summed E-state index contributed by atoms with van der Waals surface area (Å²) in [5.41, 5.74) is 1.68. The maximum Gasteiger partial charge on any atom is 0.325 e. The van der Waals surface area contributed by atoms with Gasteiger partial charge in [-0.15, -0.1) is 0 Å². The number of aromatic nitrogens is 1. The van der Waals surface area contributed by atoms with E-state index in [-0.39, 0.29) is 18.0 Å². The predicted octanol–water partition coefficient (Wildman–Crippen LogP) is 2.83. The SMILES string of the molecule is COC(=O)Cn1c(=NC(=O)COc2ccc(C)cc2)sc2cc(F)ccc21. The van der Waals surface area contributed by atoms with Crippen LogP contribution in [0.25, 0.3) is 10.2 Å². The second kappa shape index (κ2) is 8.13. The number of hydrogen-bond donors (Lipinski definition) is 0. The third-order valence-electron chi connectivity index (χ3n) is 3.76. The van der Waals surface area contributed by atoms with Gasteiger partial charge in [-0.3, -0.25) is 9.59 Å². The van der Waals surface area contributed by atoms with Gasteiger partial charge < -0.3 is 14.0 Å². The number of hydrogen-bond acceptors (Lipinski definition) is 5. The average molecular weight is 388 g/mol. The number of nitrogens with zero attached hydrogens (tertiary/aromatic N) is 2. The number of methoxy groups -OCH3 is 1. The number of benzene rings is 2. The fraction of sp³-hybridized carbons (Fsp3) is 0.211. The molecule has 1 heterocycles. The molecule has 0 saturated carbocycles. The third-order valence-corrected chi connectivity index (χ3v) is 4.80. The van der Waals surface area contributed by atoms with Crippen molar-refractivity contribution >= 4 is 33.4 Å². The molecule has 0 fully saturated rings. The van der Waals surface area contributed by atoms with Gasteiger partial charge in [0.1, 0.15) is 18.1 Å². The summed E-state index contributed by atoms with van der Waals surface area (Å²) in [6.07, 6.45) is 0. The summed E-state index contributed by atoms with van der Waals surface area (Å²) < 4.78 is 25.7. The molecule has 0 atom stereocenters. The minimum atomic E-state index is -0.513. The van der Waals surface area contributed by atoms with Gasteiger partial charge in [-0.25, -0.2) is 4.39 Å². The fourth-order valence-electron chi connectivity index (χ4n) is 2.40. The van der Waals surface area contributed by atoms with E-state index in [0.29, 0.717) is 16.0 Å². The van der Waals surface area contributed by atoms with Crippen LogP contribution >= 0.6 is 11.3 Å². The van der Waals surface area contributed by atoms with Gasteiger partial charge in [0, 0.05) is 0 Å². The third kappa shape index (κ3) is 4.59. The first-order chi connectivity index (χ1) is 13.0. The van der Waals surface area contributed by atoms with Crippen molar-refractivity contribution in [3.63, 3.8) is 0 Å². The molecule has 140 valence electrons. The molecule has 1 amide bonds. The second-order valence-electron chi connectivity index (χ2n) is 5.77. The number of amides is 1. The van der Waals surface area contributed by atoms with Crippen molar-refractivity contribution in [3.8, 4) is 5.75 Å². The number of carbonyl (C=O) groups excluding carboxylic acids is 2. The normalized spacial score (nSPS) is 11.6. The zero-order valence-corrected chi connectivity index (χ0v) is 15.6. The number of fused-ring (bicyclic) bond motifs is 1. The van der Waals surface area contributed by atoms with Crippen molar-refractivity contribution in [2.75, 3.05) is 13.7 Å². The van der Waals surface area contributed by atoms with Crippen LogP contribution in [0.1, 0.15) is 5.56 Å². The van der Waals surface area contributed by atoms with Crippen molar-refractivity contribution in [1.29, 1.82) is 0 Å². The van der Waals surface area contributed by atoms with Crippen molar-refractivity contribution in [1.82, 2.24) is 4.57 Å². The molecule has 6 nitrogen and oxygen atoms in total. The Kier molecular flexibility index (Phi) is 5.66. The van der Waals surface area contributed by atoms with E-state index in [1.807, 2.05) is 19.1 Å². The molecule has 2 aromatic carbocycles. The highest BCUT2D eigenvalue weighted by atomic mass is 32.1. The predicted molar refractivity (Wildman–Crippen MR) is 99.0 cm³/mol. The van der Waals surface area contributed by atoms with E-state index < -0.39 is 17.7 Å². The van der Waals surface area contributed by atoms with Crippen LogP contribution in [0, 0.1) is 12.7 Å². The molecule has 0 bridgehead atoms. The topological polar surface area (TPSA) is 69.9 Å². The Labute approximate surface area is 158 Å². The van der Waals surface area contributed by atoms with Gasteiger partial charge in [-0.05, 0) is 37.3 Å². The molecule has 0 N–H and O–H groups in total. The highest BCUT2D eigenvalue weighted by Crippen LogP contribution is 2.19. The van der Waals surface area contributed by atoms with Crippen molar-refractivity contribution in [2.45, 2.75) is 13.5 Å². The van der Waals surface area contributed by atoms with E-state index in [0.717, 1.165) is 16.9 Å². The van der Waals surface area contributed by atoms with E-state index in [1.54, 1.807) is 12.1 Å². The molecule has 0 aliphatic heterocycles. The largest absolute Gasteiger partial charge is 0.484 e. The maximum absolute atomic E-state index is 13.5. The molecule has 27 heavy (non-hydrogen) atoms. The Bertz CT molecular complexity index is 1050. The molecule has 0 unspecified atom stereocenters. The van der Waals surface area contributed by atoms with Gasteiger partial charge in [0.2, 0.25) is 0 Å². The van der Waals surface area contributed by atoms with E-state index >= 15 is 0 Å². The van der Waals surface area contributed by atoms with Crippen LogP contribution < -0.4 is 9.54 Å². The highest BCUT2D eigenvalue weighted by Gasteiger charge is 2.12. The van der Waals surface area contributed by atoms with Gasteiger partial charge in [-0.1, -0.05) is 29.0 Å². The van der Waals surface area contributed by atoms with E-state index in [2.05, 4.69) is 4.99 Å². The molecule has 0 saturated heterocycles. The fourth-order valence-corrected chi connectivity index (χ4v) is 3.47. The second-order valence-corrected chi connectivity index (χ2v) is 6.78. The standard InChI is InChI=1S/C19H17FN2O4S/c1-12-3-6-14(7-4-12)26-11-17(23)21-19-22(10-18(24)25-2)15-8-5-13(20)9-16(15)27-19/h3-9H,10-11H2,1-2H3. The first kappa shape index (κ1) is 18.8. The number of esters is 1. The quantitative estimate of drug-likeness (QED) is 0.630. The van der Waals surface area contributed by atoms with Crippen LogP contribution in [0.5, 0.6) is 5.75 Å². The number of aryl methyl sites for hydroxylation is 1. The van der Waals surface area contributed by atoms with Crippen LogP contribution in [0.4, 0.5) is 4.39 Å². The van der Waals surface area contributed by atoms with Crippen molar-refractivity contribution in [2.24, 2.45) is 4.99 Å². The summed E-state index contributed by atoms with van der Waals surface area (Å²) >= 11 is 1.11. The Morgan fingerprint density at radius 2 is 1.93 bits per heavy atom. The lowest BCUT2D eigenvalue weighted by Gasteiger charge is -2.04. The number of rotatable bonds is 5. The van der Waals surface area contributed by atoms with Gasteiger partial charge in [-0.2, -0.15) is 4.99 Å². The highest BCUT2D eigenvalue weighted by molar-refractivity contribution is 7.16. The summed E-state index contributed by atoms with van der Waals surface area (Å²) in [5.74, 6) is -0.857. The monoisotopic (exact) mass is 388 g/mol. The molecule has 0 spiro atoms. The first-order valence-corrected chi connectivity index (χ1v) is 8.90. The summed E-state index contributed by atoms with van der Waals surface area (Å²) in [6, 6.07) is 11.4. The molecule has 8 heteroatoms. The summed E-state index contributed by atoms with van der Waals surface area (Å²) in [6.45, 7) is 1.57. The number of thiazole rings is 1. The Hall–Kier alpha value is -3.00. The first-order valence-electron chi connectivity index (χ1n) is 8.09. The minimum Gasteiger partial charge on any atom is -0.484 e. The smallest absolute Gasteiger partial charge is 0.325 e. The molecule has 1 aromatic heterocycles. The van der Waals surface area contributed by atoms with E-state index in [1.165, 1.54) is 29.9 Å². The van der Waals surface area contributed by atoms with E-state index in [9.17, 15) is 14.0 Å². The molecule has 0 radical (unpaired) electrons. The molecule has 3 rings (SSSR count). The van der Waals surface area contributed by atoms with Gasteiger partial charge in [0.05, 0.1) is 17.3 Å². The average Bonchev–Trinajstić information content (AvgIpc) is 2.97. The van der Waals surface area contributed by atoms with Crippen molar-refractivity contribution in [3.05, 3.63) is 58.6 Å². The number of halogens is 1. The van der Waals surface area contributed by atoms with E-state index in [4.69, 9.17) is 9.47 Å². The molecule has 0 aliphatic carbocycles. The summed E-state index contributed by atoms with van der Waals surface area (Å²) in [5, 5.41) is 0. The summed E-state index contributed by atoms with van der Waals surface area (Å²) in [4.78, 5) is 28.2. The van der Waals surface area contributed by atoms with Crippen LogP contribution in [-0.2, 0) is 20.9 Å². The Morgan fingerprint density at radius 3 is 2.63 bits per heavy atom. The zero-order valence-electron chi connectivity index (χ0n) is 14.8. The Balaban J connectivity index is 1.88. The minimum absolute atomic E-state index is 0.132. The van der Waals surface area contributed by atoms with Gasteiger partial charge >= 0.3 is 5.97 Å². The lowest BCUT2D eigenvalue weighted by molar-refractivity contribution is -0.141. The van der Waals surface area contributed by atoms with Gasteiger partial charge in [0.15, 0.2) is 11.4 Å². The van der Waals surface area contributed by atoms with Crippen molar-refractivity contribution < 1.29 is 23.5 Å². The molecule has 3 aromatic rings. The number of ether oxygens (including phenoxy) is 2. The lowest BCUT2D eigenvalue weighted by atomic mass is 10.2. The van der Waals surface area contributed by atoms with Crippen LogP contribution in [0.2, 0.25) is 0 Å². The number of carbonyl (C=O) groups is 2. The summed E-state index contributed by atoms with van der Waals surface area (Å²) in [7, 11) is 1.27. The lowest BCUT2D eigenvalue weighted by Crippen LogP contribution is -2.23. The zero-order chi connectivity index (χ0) is 19.4. The molecule has 0 aliphatic rings. The van der Waals surface area contributed by atoms with Crippen LogP contribution in [0.15, 0.2) is 47.5 Å². The van der Waals surface area contributed by atoms with Gasteiger partial charge in [0.25, 0.3) is 5.91 Å².